The Balaban J connectivity index is 1.66. The number of benzene rings is 2. The molecular weight excluding hydrogens is 283 g/mol. The Morgan fingerprint density at radius 3 is 2.45 bits per heavy atom. The molecular formula is C17H15FN2O2. The van der Waals surface area contributed by atoms with E-state index in [-0.39, 0.29) is 30.1 Å². The van der Waals surface area contributed by atoms with Crippen molar-refractivity contribution in [1.29, 1.82) is 0 Å². The average Bonchev–Trinajstić information content (AvgIpc) is 2.89. The minimum Gasteiger partial charge on any atom is -0.347 e. The Bertz CT molecular complexity index is 686. The molecule has 4 nitrogen and oxygen atoms in total. The molecule has 5 heteroatoms. The number of nitrogens with zero attached hydrogens (tertiary/aromatic N) is 1. The molecule has 1 atom stereocenters. The van der Waals surface area contributed by atoms with Crippen molar-refractivity contribution in [2.24, 2.45) is 0 Å². The fourth-order valence-electron chi connectivity index (χ4n) is 2.53. The predicted molar refractivity (Wildman–Crippen MR) is 81.1 cm³/mol. The van der Waals surface area contributed by atoms with E-state index < -0.39 is 0 Å². The number of hydrogen-bond acceptors (Lipinski definition) is 2. The summed E-state index contributed by atoms with van der Waals surface area (Å²) in [5.41, 5.74) is 1.21. The molecule has 1 N–H and O–H groups in total. The Morgan fingerprint density at radius 2 is 1.77 bits per heavy atom. The van der Waals surface area contributed by atoms with Crippen molar-refractivity contribution in [2.75, 3.05) is 11.4 Å². The van der Waals surface area contributed by atoms with E-state index in [2.05, 4.69) is 5.32 Å². The van der Waals surface area contributed by atoms with Gasteiger partial charge in [0.1, 0.15) is 5.82 Å². The third-order valence-electron chi connectivity index (χ3n) is 3.63. The molecule has 0 saturated carbocycles. The molecule has 2 aromatic rings. The van der Waals surface area contributed by atoms with Crippen LogP contribution < -0.4 is 10.2 Å². The molecule has 1 fully saturated rings. The molecule has 1 unspecified atom stereocenters. The van der Waals surface area contributed by atoms with Crippen LogP contribution in [0.4, 0.5) is 10.1 Å². The van der Waals surface area contributed by atoms with Crippen molar-refractivity contribution in [3.8, 4) is 0 Å². The normalized spacial score (nSPS) is 17.6. The standard InChI is InChI=1S/C17H15FN2O2/c18-13-8-6-12(7-9-13)17(22)19-14-10-16(21)20(11-14)15-4-2-1-3-5-15/h1-9,14H,10-11H2,(H,19,22). The molecule has 0 radical (unpaired) electrons. The predicted octanol–water partition coefficient (Wildman–Crippen LogP) is 2.36. The molecule has 22 heavy (non-hydrogen) atoms. The fraction of sp³-hybridized carbons (Fsp3) is 0.176. The summed E-state index contributed by atoms with van der Waals surface area (Å²) >= 11 is 0. The monoisotopic (exact) mass is 298 g/mol. The van der Waals surface area contributed by atoms with Gasteiger partial charge in [0, 0.05) is 24.2 Å². The van der Waals surface area contributed by atoms with Gasteiger partial charge in [-0.3, -0.25) is 9.59 Å². The molecule has 1 heterocycles. The lowest BCUT2D eigenvalue weighted by molar-refractivity contribution is -0.117. The van der Waals surface area contributed by atoms with Gasteiger partial charge in [0.05, 0.1) is 6.04 Å². The summed E-state index contributed by atoms with van der Waals surface area (Å²) in [6.07, 6.45) is 0.266. The first kappa shape index (κ1) is 14.3. The van der Waals surface area contributed by atoms with Gasteiger partial charge >= 0.3 is 0 Å². The van der Waals surface area contributed by atoms with E-state index in [1.54, 1.807) is 4.90 Å². The largest absolute Gasteiger partial charge is 0.347 e. The lowest BCUT2D eigenvalue weighted by Crippen LogP contribution is -2.37. The van der Waals surface area contributed by atoms with Gasteiger partial charge in [-0.05, 0) is 36.4 Å². The summed E-state index contributed by atoms with van der Waals surface area (Å²) in [5.74, 6) is -0.703. The van der Waals surface area contributed by atoms with E-state index in [0.29, 0.717) is 12.1 Å². The summed E-state index contributed by atoms with van der Waals surface area (Å²) in [5, 5.41) is 2.82. The topological polar surface area (TPSA) is 49.4 Å². The summed E-state index contributed by atoms with van der Waals surface area (Å²) in [6, 6.07) is 14.4. The molecule has 0 bridgehead atoms. The van der Waals surface area contributed by atoms with Gasteiger partial charge in [0.25, 0.3) is 5.91 Å². The number of hydrogen-bond donors (Lipinski definition) is 1. The van der Waals surface area contributed by atoms with Crippen LogP contribution in [0.25, 0.3) is 0 Å². The molecule has 1 aliphatic rings. The highest BCUT2D eigenvalue weighted by Gasteiger charge is 2.31. The number of amides is 2. The van der Waals surface area contributed by atoms with Crippen LogP contribution in [0.5, 0.6) is 0 Å². The highest BCUT2D eigenvalue weighted by molar-refractivity contribution is 5.98. The number of nitrogens with one attached hydrogen (secondary N) is 1. The minimum atomic E-state index is -0.386. The van der Waals surface area contributed by atoms with Gasteiger partial charge in [-0.15, -0.1) is 0 Å². The van der Waals surface area contributed by atoms with E-state index in [1.165, 1.54) is 24.3 Å². The van der Waals surface area contributed by atoms with Gasteiger partial charge in [0.2, 0.25) is 5.91 Å². The van der Waals surface area contributed by atoms with Crippen molar-refractivity contribution in [3.63, 3.8) is 0 Å². The summed E-state index contributed by atoms with van der Waals surface area (Å²) in [4.78, 5) is 25.8. The minimum absolute atomic E-state index is 0.0180. The Hall–Kier alpha value is -2.69. The van der Waals surface area contributed by atoms with Crippen LogP contribution in [0, 0.1) is 5.82 Å². The third kappa shape index (κ3) is 2.98. The molecule has 0 aliphatic carbocycles. The molecule has 2 amide bonds. The van der Waals surface area contributed by atoms with Gasteiger partial charge < -0.3 is 10.2 Å². The number of carbonyl (C=O) groups excluding carboxylic acids is 2. The van der Waals surface area contributed by atoms with Gasteiger partial charge in [-0.25, -0.2) is 4.39 Å². The van der Waals surface area contributed by atoms with Crippen molar-refractivity contribution < 1.29 is 14.0 Å². The lowest BCUT2D eigenvalue weighted by atomic mass is 10.2. The maximum atomic E-state index is 12.9. The maximum absolute atomic E-state index is 12.9. The van der Waals surface area contributed by atoms with Gasteiger partial charge in [-0.2, -0.15) is 0 Å². The number of para-hydroxylation sites is 1. The highest BCUT2D eigenvalue weighted by atomic mass is 19.1. The van der Waals surface area contributed by atoms with E-state index in [0.717, 1.165) is 5.69 Å². The van der Waals surface area contributed by atoms with Crippen molar-refractivity contribution in [1.82, 2.24) is 5.32 Å². The number of halogens is 1. The number of rotatable bonds is 3. The zero-order chi connectivity index (χ0) is 15.5. The van der Waals surface area contributed by atoms with Crippen LogP contribution >= 0.6 is 0 Å². The Morgan fingerprint density at radius 1 is 1.09 bits per heavy atom. The highest BCUT2D eigenvalue weighted by Crippen LogP contribution is 2.21. The molecule has 1 saturated heterocycles. The van der Waals surface area contributed by atoms with Crippen LogP contribution in [0.2, 0.25) is 0 Å². The molecule has 1 aliphatic heterocycles. The second-order valence-corrected chi connectivity index (χ2v) is 5.22. The van der Waals surface area contributed by atoms with Crippen LogP contribution in [-0.2, 0) is 4.79 Å². The summed E-state index contributed by atoms with van der Waals surface area (Å²) < 4.78 is 12.9. The quantitative estimate of drug-likeness (QED) is 0.945. The first-order chi connectivity index (χ1) is 10.6. The second kappa shape index (κ2) is 5.97. The zero-order valence-corrected chi connectivity index (χ0v) is 11.8. The Labute approximate surface area is 127 Å². The fourth-order valence-corrected chi connectivity index (χ4v) is 2.53. The molecule has 112 valence electrons. The second-order valence-electron chi connectivity index (χ2n) is 5.22. The maximum Gasteiger partial charge on any atom is 0.251 e. The van der Waals surface area contributed by atoms with Crippen molar-refractivity contribution in [2.45, 2.75) is 12.5 Å². The van der Waals surface area contributed by atoms with E-state index in [1.807, 2.05) is 30.3 Å². The van der Waals surface area contributed by atoms with Crippen LogP contribution in [0.15, 0.2) is 54.6 Å². The zero-order valence-electron chi connectivity index (χ0n) is 11.8. The average molecular weight is 298 g/mol. The van der Waals surface area contributed by atoms with E-state index in [4.69, 9.17) is 0 Å². The summed E-state index contributed by atoms with van der Waals surface area (Å²) in [6.45, 7) is 0.440. The lowest BCUT2D eigenvalue weighted by Gasteiger charge is -2.17. The first-order valence-corrected chi connectivity index (χ1v) is 7.05. The SMILES string of the molecule is O=C(NC1CC(=O)N(c2ccccc2)C1)c1ccc(F)cc1. The van der Waals surface area contributed by atoms with Crippen LogP contribution in [-0.4, -0.2) is 24.4 Å². The number of anilines is 1. The van der Waals surface area contributed by atoms with Gasteiger partial charge in [0.15, 0.2) is 0 Å². The van der Waals surface area contributed by atoms with Crippen molar-refractivity contribution in [3.05, 3.63) is 66.0 Å². The van der Waals surface area contributed by atoms with E-state index in [9.17, 15) is 14.0 Å². The van der Waals surface area contributed by atoms with Crippen LogP contribution in [0.3, 0.4) is 0 Å². The van der Waals surface area contributed by atoms with Gasteiger partial charge in [-0.1, -0.05) is 18.2 Å². The molecule has 0 spiro atoms. The first-order valence-electron chi connectivity index (χ1n) is 7.05. The molecule has 0 aromatic heterocycles. The van der Waals surface area contributed by atoms with Crippen molar-refractivity contribution >= 4 is 17.5 Å². The Kier molecular flexibility index (Phi) is 3.87. The van der Waals surface area contributed by atoms with Crippen LogP contribution in [0.1, 0.15) is 16.8 Å². The summed E-state index contributed by atoms with van der Waals surface area (Å²) in [7, 11) is 0. The third-order valence-corrected chi connectivity index (χ3v) is 3.63. The number of carbonyl (C=O) groups is 2. The smallest absolute Gasteiger partial charge is 0.251 e. The molecule has 2 aromatic carbocycles. The molecule has 3 rings (SSSR count). The van der Waals surface area contributed by atoms with E-state index >= 15 is 0 Å².